The van der Waals surface area contributed by atoms with Crippen LogP contribution in [0.5, 0.6) is 0 Å². The lowest BCUT2D eigenvalue weighted by Crippen LogP contribution is -2.09. The average molecular weight is 129 g/mol. The first kappa shape index (κ1) is 8.59. The van der Waals surface area contributed by atoms with Gasteiger partial charge >= 0.3 is 0 Å². The van der Waals surface area contributed by atoms with Crippen LogP contribution in [-0.4, -0.2) is 33.5 Å². The number of aliphatic imine (C=N–C) groups is 1. The Kier molecular flexibility index (Phi) is 7.24. The zero-order valence-corrected chi connectivity index (χ0v) is 6.15. The van der Waals surface area contributed by atoms with E-state index in [0.717, 1.165) is 19.6 Å². The average Bonchev–Trinajstić information content (AvgIpc) is 1.89. The normalized spacial score (nSPS) is 10.9. The molecule has 0 saturated heterocycles. The van der Waals surface area contributed by atoms with Crippen LogP contribution in [0.1, 0.15) is 6.42 Å². The van der Waals surface area contributed by atoms with Gasteiger partial charge in [-0.25, -0.2) is 0 Å². The number of nitrogens with zero attached hydrogens (tertiary/aromatic N) is 1. The van der Waals surface area contributed by atoms with Crippen LogP contribution in [0.25, 0.3) is 0 Å². The monoisotopic (exact) mass is 129 g/mol. The van der Waals surface area contributed by atoms with Crippen molar-refractivity contribution in [2.75, 3.05) is 27.3 Å². The van der Waals surface area contributed by atoms with E-state index >= 15 is 0 Å². The molecule has 9 heavy (non-hydrogen) atoms. The van der Waals surface area contributed by atoms with Gasteiger partial charge < -0.3 is 10.6 Å². The smallest absolute Gasteiger partial charge is 0.0878 e. The summed E-state index contributed by atoms with van der Waals surface area (Å²) < 4.78 is 0. The number of nitrogens with one attached hydrogen (secondary N) is 2. The van der Waals surface area contributed by atoms with Crippen molar-refractivity contribution in [2.24, 2.45) is 4.99 Å². The second-order valence-corrected chi connectivity index (χ2v) is 1.77. The van der Waals surface area contributed by atoms with Gasteiger partial charge in [0.1, 0.15) is 0 Å². The summed E-state index contributed by atoms with van der Waals surface area (Å²) >= 11 is 0. The van der Waals surface area contributed by atoms with Crippen molar-refractivity contribution in [2.45, 2.75) is 6.42 Å². The highest BCUT2D eigenvalue weighted by Crippen LogP contribution is 1.68. The second-order valence-electron chi connectivity index (χ2n) is 1.77. The minimum Gasteiger partial charge on any atom is -0.319 e. The Morgan fingerprint density at radius 1 is 1.33 bits per heavy atom. The summed E-state index contributed by atoms with van der Waals surface area (Å²) in [4.78, 5) is 4.05. The lowest BCUT2D eigenvalue weighted by atomic mass is 10.5. The molecule has 0 rings (SSSR count). The standard InChI is InChI=1S/C6H15N3/c1-7-4-3-5-9-6-8-2/h5,7-8H,3-4,6H2,1-2H3. The minimum atomic E-state index is 0.726. The van der Waals surface area contributed by atoms with Crippen molar-refractivity contribution >= 4 is 6.21 Å². The predicted octanol–water partition coefficient (Wildman–Crippen LogP) is -0.156. The SMILES string of the molecule is CNCCC=NCNC. The van der Waals surface area contributed by atoms with E-state index in [2.05, 4.69) is 15.6 Å². The molecule has 0 aromatic rings. The van der Waals surface area contributed by atoms with Gasteiger partial charge in [0, 0.05) is 6.21 Å². The van der Waals surface area contributed by atoms with Gasteiger partial charge in [0.05, 0.1) is 6.67 Å². The number of hydrogen-bond donors (Lipinski definition) is 2. The molecule has 54 valence electrons. The van der Waals surface area contributed by atoms with E-state index in [-0.39, 0.29) is 0 Å². The molecule has 0 aromatic carbocycles. The molecule has 0 aliphatic heterocycles. The van der Waals surface area contributed by atoms with E-state index in [1.165, 1.54) is 0 Å². The van der Waals surface area contributed by atoms with Gasteiger partial charge in [0.2, 0.25) is 0 Å². The van der Waals surface area contributed by atoms with Crippen LogP contribution >= 0.6 is 0 Å². The molecule has 0 amide bonds. The highest BCUT2D eigenvalue weighted by Gasteiger charge is 1.74. The lowest BCUT2D eigenvalue weighted by molar-refractivity contribution is 0.810. The van der Waals surface area contributed by atoms with Crippen LogP contribution in [0.15, 0.2) is 4.99 Å². The van der Waals surface area contributed by atoms with Crippen molar-refractivity contribution < 1.29 is 0 Å². The van der Waals surface area contributed by atoms with Crippen LogP contribution in [0, 0.1) is 0 Å². The molecule has 0 unspecified atom stereocenters. The van der Waals surface area contributed by atoms with Crippen molar-refractivity contribution in [1.29, 1.82) is 0 Å². The maximum absolute atomic E-state index is 4.05. The van der Waals surface area contributed by atoms with Crippen molar-refractivity contribution in [1.82, 2.24) is 10.6 Å². The topological polar surface area (TPSA) is 36.4 Å². The van der Waals surface area contributed by atoms with Crippen LogP contribution in [0.3, 0.4) is 0 Å². The molecule has 0 radical (unpaired) electrons. The Morgan fingerprint density at radius 3 is 2.67 bits per heavy atom. The van der Waals surface area contributed by atoms with Crippen molar-refractivity contribution in [3.63, 3.8) is 0 Å². The van der Waals surface area contributed by atoms with E-state index in [1.807, 2.05) is 20.3 Å². The Hall–Kier alpha value is -0.410. The van der Waals surface area contributed by atoms with Gasteiger partial charge in [-0.2, -0.15) is 0 Å². The molecule has 0 atom stereocenters. The molecule has 0 aromatic heterocycles. The van der Waals surface area contributed by atoms with E-state index in [4.69, 9.17) is 0 Å². The third-order valence-electron chi connectivity index (χ3n) is 0.902. The molecule has 0 aliphatic rings. The number of rotatable bonds is 5. The zero-order chi connectivity index (χ0) is 6.95. The molecule has 0 heterocycles. The first-order valence-electron chi connectivity index (χ1n) is 3.19. The minimum absolute atomic E-state index is 0.726. The summed E-state index contributed by atoms with van der Waals surface area (Å²) in [6, 6.07) is 0. The highest BCUT2D eigenvalue weighted by molar-refractivity contribution is 5.57. The largest absolute Gasteiger partial charge is 0.319 e. The molecule has 3 nitrogen and oxygen atoms in total. The first-order chi connectivity index (χ1) is 4.41. The molecule has 0 fully saturated rings. The quantitative estimate of drug-likeness (QED) is 0.400. The Bertz CT molecular complexity index is 70.7. The van der Waals surface area contributed by atoms with Crippen LogP contribution < -0.4 is 10.6 Å². The van der Waals surface area contributed by atoms with Crippen LogP contribution in [0.2, 0.25) is 0 Å². The Balaban J connectivity index is 2.86. The molecule has 0 spiro atoms. The molecular weight excluding hydrogens is 114 g/mol. The summed E-state index contributed by atoms with van der Waals surface area (Å²) in [5.74, 6) is 0. The second kappa shape index (κ2) is 7.59. The van der Waals surface area contributed by atoms with Gasteiger partial charge in [-0.15, -0.1) is 0 Å². The van der Waals surface area contributed by atoms with Crippen LogP contribution in [-0.2, 0) is 0 Å². The summed E-state index contributed by atoms with van der Waals surface area (Å²) in [7, 11) is 3.82. The molecule has 2 N–H and O–H groups in total. The summed E-state index contributed by atoms with van der Waals surface area (Å²) in [6.45, 7) is 1.73. The van der Waals surface area contributed by atoms with Gasteiger partial charge in [0.15, 0.2) is 0 Å². The molecule has 0 aliphatic carbocycles. The van der Waals surface area contributed by atoms with E-state index in [1.54, 1.807) is 0 Å². The number of hydrogen-bond acceptors (Lipinski definition) is 3. The molecule has 3 heteroatoms. The highest BCUT2D eigenvalue weighted by atomic mass is 15.0. The Labute approximate surface area is 56.6 Å². The summed E-state index contributed by atoms with van der Waals surface area (Å²) in [5, 5.41) is 5.96. The third kappa shape index (κ3) is 7.59. The fraction of sp³-hybridized carbons (Fsp3) is 0.833. The fourth-order valence-corrected chi connectivity index (χ4v) is 0.456. The van der Waals surface area contributed by atoms with Gasteiger partial charge in [-0.3, -0.25) is 4.99 Å². The van der Waals surface area contributed by atoms with Crippen LogP contribution in [0.4, 0.5) is 0 Å². The molecule has 0 bridgehead atoms. The maximum atomic E-state index is 4.05. The van der Waals surface area contributed by atoms with Gasteiger partial charge in [-0.1, -0.05) is 0 Å². The van der Waals surface area contributed by atoms with Crippen molar-refractivity contribution in [3.05, 3.63) is 0 Å². The fourth-order valence-electron chi connectivity index (χ4n) is 0.456. The lowest BCUT2D eigenvalue weighted by Gasteiger charge is -1.90. The first-order valence-corrected chi connectivity index (χ1v) is 3.19. The summed E-state index contributed by atoms with van der Waals surface area (Å²) in [6.07, 6.45) is 2.94. The van der Waals surface area contributed by atoms with Gasteiger partial charge in [-0.05, 0) is 27.1 Å². The predicted molar refractivity (Wildman–Crippen MR) is 41.0 cm³/mol. The molecule has 0 saturated carbocycles. The zero-order valence-electron chi connectivity index (χ0n) is 6.15. The summed E-state index contributed by atoms with van der Waals surface area (Å²) in [5.41, 5.74) is 0. The van der Waals surface area contributed by atoms with E-state index < -0.39 is 0 Å². The Morgan fingerprint density at radius 2 is 2.11 bits per heavy atom. The van der Waals surface area contributed by atoms with Crippen molar-refractivity contribution in [3.8, 4) is 0 Å². The van der Waals surface area contributed by atoms with E-state index in [9.17, 15) is 0 Å². The third-order valence-corrected chi connectivity index (χ3v) is 0.902. The maximum Gasteiger partial charge on any atom is 0.0878 e. The van der Waals surface area contributed by atoms with E-state index in [0.29, 0.717) is 0 Å². The van der Waals surface area contributed by atoms with Gasteiger partial charge in [0.25, 0.3) is 0 Å². The molecular formula is C6H15N3.